The number of hydrazone groups is 1. The maximum atomic E-state index is 12.0. The van der Waals surface area contributed by atoms with Crippen LogP contribution < -0.4 is 21.1 Å². The summed E-state index contributed by atoms with van der Waals surface area (Å²) >= 11 is 1.14. The Morgan fingerprint density at radius 1 is 0.963 bits per heavy atom. The largest absolute Gasteiger partial charge is 0.302 e. The van der Waals surface area contributed by atoms with E-state index in [1.54, 1.807) is 0 Å². The van der Waals surface area contributed by atoms with Crippen LogP contribution in [0.25, 0.3) is 0 Å². The van der Waals surface area contributed by atoms with E-state index in [0.717, 1.165) is 42.0 Å². The molecule has 1 heterocycles. The highest BCUT2D eigenvalue weighted by atomic mass is 32.1. The molecule has 0 atom stereocenters. The maximum absolute atomic E-state index is 12.0. The van der Waals surface area contributed by atoms with Gasteiger partial charge in [-0.15, -0.1) is 5.10 Å². The lowest BCUT2D eigenvalue weighted by Gasteiger charge is -2.17. The zero-order valence-electron chi connectivity index (χ0n) is 14.5. The lowest BCUT2D eigenvalue weighted by atomic mass is 9.90. The van der Waals surface area contributed by atoms with Gasteiger partial charge in [0.05, 0.1) is 11.4 Å². The van der Waals surface area contributed by atoms with Crippen molar-refractivity contribution in [3.63, 3.8) is 0 Å². The monoisotopic (exact) mass is 378 g/mol. The fourth-order valence-electron chi connectivity index (χ4n) is 2.89. The van der Waals surface area contributed by atoms with Gasteiger partial charge in [0.25, 0.3) is 0 Å². The van der Waals surface area contributed by atoms with Gasteiger partial charge in [-0.05, 0) is 37.0 Å². The minimum Gasteiger partial charge on any atom is -0.277 e. The Morgan fingerprint density at radius 3 is 2.67 bits per heavy atom. The summed E-state index contributed by atoms with van der Waals surface area (Å²) in [5, 5.41) is 15.6. The fraction of sp³-hybridized carbons (Fsp3) is 0.158. The summed E-state index contributed by atoms with van der Waals surface area (Å²) in [5.74, 6) is 0. The van der Waals surface area contributed by atoms with Crippen molar-refractivity contribution in [1.29, 1.82) is 0 Å². The van der Waals surface area contributed by atoms with Crippen LogP contribution in [0.4, 0.5) is 10.8 Å². The van der Waals surface area contributed by atoms with Crippen LogP contribution in [0.5, 0.6) is 0 Å². The molecule has 0 saturated heterocycles. The van der Waals surface area contributed by atoms with E-state index < -0.39 is 0 Å². The van der Waals surface area contributed by atoms with Gasteiger partial charge < -0.3 is 0 Å². The van der Waals surface area contributed by atoms with Crippen molar-refractivity contribution in [1.82, 2.24) is 10.2 Å². The molecule has 2 aromatic carbocycles. The molecule has 3 aromatic rings. The lowest BCUT2D eigenvalue weighted by Crippen LogP contribution is -2.27. The quantitative estimate of drug-likeness (QED) is 0.609. The molecule has 0 unspecified atom stereocenters. The molecule has 1 aliphatic rings. The molecular formula is C19H18N6OS. The van der Waals surface area contributed by atoms with Crippen molar-refractivity contribution < 1.29 is 0 Å². The summed E-state index contributed by atoms with van der Waals surface area (Å²) in [7, 11) is 0. The van der Waals surface area contributed by atoms with E-state index in [9.17, 15) is 4.79 Å². The second-order valence-corrected chi connectivity index (χ2v) is 7.01. The van der Waals surface area contributed by atoms with Gasteiger partial charge in [-0.3, -0.25) is 15.6 Å². The van der Waals surface area contributed by atoms with Gasteiger partial charge in [0.15, 0.2) is 0 Å². The van der Waals surface area contributed by atoms with E-state index in [4.69, 9.17) is 0 Å². The van der Waals surface area contributed by atoms with E-state index in [1.807, 2.05) is 42.5 Å². The molecule has 8 heteroatoms. The number of hydrogen-bond donors (Lipinski definition) is 3. The molecule has 1 aromatic heterocycles. The third-order valence-corrected chi connectivity index (χ3v) is 5.03. The van der Waals surface area contributed by atoms with E-state index in [-0.39, 0.29) is 10.2 Å². The molecule has 136 valence electrons. The Morgan fingerprint density at radius 2 is 1.78 bits per heavy atom. The second-order valence-electron chi connectivity index (χ2n) is 6.04. The third kappa shape index (κ3) is 4.12. The Bertz CT molecular complexity index is 1090. The van der Waals surface area contributed by atoms with Gasteiger partial charge in [-0.25, -0.2) is 5.10 Å². The van der Waals surface area contributed by atoms with Crippen molar-refractivity contribution in [3.8, 4) is 0 Å². The standard InChI is InChI=1S/C19H18N6OS/c26-17-18(23-20-14-9-2-1-3-10-14)27-19(25-22-17)24-21-16-12-6-8-13-7-4-5-11-15(13)16/h1-5,7,9-11,20H,6,8,12H2,(H,22,26)(H,24,25)/b21-16+,23-18-. The number of fused-ring (bicyclic) bond motifs is 1. The lowest BCUT2D eigenvalue weighted by molar-refractivity contribution is 0.836. The third-order valence-electron chi connectivity index (χ3n) is 4.18. The van der Waals surface area contributed by atoms with Crippen LogP contribution in [0, 0.1) is 0 Å². The minimum absolute atomic E-state index is 0.264. The molecular weight excluding hydrogens is 360 g/mol. The van der Waals surface area contributed by atoms with Crippen molar-refractivity contribution in [2.45, 2.75) is 19.3 Å². The highest BCUT2D eigenvalue weighted by Gasteiger charge is 2.14. The molecule has 4 rings (SSSR count). The Labute approximate surface area is 159 Å². The van der Waals surface area contributed by atoms with Gasteiger partial charge in [-0.2, -0.15) is 10.2 Å². The highest BCUT2D eigenvalue weighted by molar-refractivity contribution is 7.12. The molecule has 27 heavy (non-hydrogen) atoms. The average molecular weight is 378 g/mol. The number of benzene rings is 2. The zero-order valence-corrected chi connectivity index (χ0v) is 15.3. The van der Waals surface area contributed by atoms with Gasteiger partial charge in [0, 0.05) is 5.56 Å². The van der Waals surface area contributed by atoms with Crippen LogP contribution in [0.2, 0.25) is 0 Å². The molecule has 0 aliphatic heterocycles. The highest BCUT2D eigenvalue weighted by Crippen LogP contribution is 2.21. The van der Waals surface area contributed by atoms with Crippen molar-refractivity contribution >= 4 is 27.9 Å². The van der Waals surface area contributed by atoms with Crippen molar-refractivity contribution in [2.24, 2.45) is 10.2 Å². The number of aromatic nitrogens is 2. The summed E-state index contributed by atoms with van der Waals surface area (Å²) in [6.07, 6.45) is 3.05. The SMILES string of the molecule is O=c1[nH]nc(N/N=C2\CCCc3ccccc32)s/c1=N\Nc1ccccc1. The van der Waals surface area contributed by atoms with E-state index >= 15 is 0 Å². The molecule has 0 bridgehead atoms. The summed E-state index contributed by atoms with van der Waals surface area (Å²) < 4.78 is 0.264. The van der Waals surface area contributed by atoms with Gasteiger partial charge in [0.2, 0.25) is 9.80 Å². The first-order valence-corrected chi connectivity index (χ1v) is 9.47. The number of H-pyrrole nitrogens is 1. The van der Waals surface area contributed by atoms with E-state index in [0.29, 0.717) is 5.13 Å². The van der Waals surface area contributed by atoms with Crippen LogP contribution in [0.1, 0.15) is 24.0 Å². The average Bonchev–Trinajstić information content (AvgIpc) is 2.73. The maximum Gasteiger partial charge on any atom is 0.302 e. The van der Waals surface area contributed by atoms with Crippen LogP contribution in [-0.4, -0.2) is 15.9 Å². The van der Waals surface area contributed by atoms with Gasteiger partial charge in [0.1, 0.15) is 0 Å². The summed E-state index contributed by atoms with van der Waals surface area (Å²) in [4.78, 5) is 12.0. The predicted molar refractivity (Wildman–Crippen MR) is 108 cm³/mol. The predicted octanol–water partition coefficient (Wildman–Crippen LogP) is 2.91. The fourth-order valence-corrected chi connectivity index (χ4v) is 3.49. The van der Waals surface area contributed by atoms with E-state index in [1.165, 1.54) is 11.1 Å². The number of rotatable bonds is 4. The van der Waals surface area contributed by atoms with Crippen molar-refractivity contribution in [3.05, 3.63) is 80.7 Å². The number of nitrogens with one attached hydrogen (secondary N) is 3. The molecule has 0 radical (unpaired) electrons. The summed E-state index contributed by atoms with van der Waals surface area (Å²) in [6, 6.07) is 17.7. The topological polar surface area (TPSA) is 94.5 Å². The molecule has 0 saturated carbocycles. The molecule has 3 N–H and O–H groups in total. The first-order chi connectivity index (χ1) is 13.3. The minimum atomic E-state index is -0.357. The van der Waals surface area contributed by atoms with Gasteiger partial charge in [-0.1, -0.05) is 53.8 Å². The number of nitrogens with zero attached hydrogens (tertiary/aromatic N) is 3. The molecule has 7 nitrogen and oxygen atoms in total. The number of hydrogen-bond acceptors (Lipinski definition) is 7. The number of aromatic amines is 1. The molecule has 0 spiro atoms. The Kier molecular flexibility index (Phi) is 5.06. The first-order valence-electron chi connectivity index (χ1n) is 8.65. The molecule has 0 amide bonds. The van der Waals surface area contributed by atoms with Crippen LogP contribution in [0.15, 0.2) is 69.6 Å². The van der Waals surface area contributed by atoms with Gasteiger partial charge >= 0.3 is 5.56 Å². The summed E-state index contributed by atoms with van der Waals surface area (Å²) in [6.45, 7) is 0. The Balaban J connectivity index is 1.56. The first kappa shape index (κ1) is 17.2. The second kappa shape index (κ2) is 7.96. The number of para-hydroxylation sites is 1. The van der Waals surface area contributed by atoms with E-state index in [2.05, 4.69) is 43.4 Å². The number of aryl methyl sites for hydroxylation is 1. The molecule has 0 fully saturated rings. The number of anilines is 2. The smallest absolute Gasteiger partial charge is 0.277 e. The summed E-state index contributed by atoms with van der Waals surface area (Å²) in [5.41, 5.74) is 9.75. The zero-order chi connectivity index (χ0) is 18.5. The normalized spacial score (nSPS) is 15.4. The van der Waals surface area contributed by atoms with Crippen molar-refractivity contribution in [2.75, 3.05) is 10.9 Å². The van der Waals surface area contributed by atoms with Crippen LogP contribution >= 0.6 is 11.3 Å². The van der Waals surface area contributed by atoms with Crippen LogP contribution in [-0.2, 0) is 6.42 Å². The Hall–Kier alpha value is -3.26. The molecule has 1 aliphatic carbocycles. The van der Waals surface area contributed by atoms with Crippen LogP contribution in [0.3, 0.4) is 0 Å².